The SMILES string of the molecule is C=Cc1ccc(OCC=Cc2ccccc2)cc1. The first-order valence-corrected chi connectivity index (χ1v) is 5.95. The van der Waals surface area contributed by atoms with Crippen LogP contribution in [0.1, 0.15) is 11.1 Å². The van der Waals surface area contributed by atoms with Crippen molar-refractivity contribution in [2.75, 3.05) is 6.61 Å². The van der Waals surface area contributed by atoms with Gasteiger partial charge in [0, 0.05) is 0 Å². The summed E-state index contributed by atoms with van der Waals surface area (Å²) in [5, 5.41) is 0. The topological polar surface area (TPSA) is 9.23 Å². The molecule has 1 nitrogen and oxygen atoms in total. The molecule has 2 aromatic carbocycles. The molecule has 0 aromatic heterocycles. The summed E-state index contributed by atoms with van der Waals surface area (Å²) >= 11 is 0. The van der Waals surface area contributed by atoms with Gasteiger partial charge in [-0.05, 0) is 29.3 Å². The second kappa shape index (κ2) is 6.45. The van der Waals surface area contributed by atoms with Gasteiger partial charge in [-0.1, -0.05) is 61.2 Å². The Kier molecular flexibility index (Phi) is 4.37. The molecule has 0 atom stereocenters. The fourth-order valence-corrected chi connectivity index (χ4v) is 1.59. The number of hydrogen-bond donors (Lipinski definition) is 0. The Balaban J connectivity index is 1.84. The molecule has 1 heteroatoms. The fraction of sp³-hybridized carbons (Fsp3) is 0.0588. The van der Waals surface area contributed by atoms with Crippen LogP contribution in [0.4, 0.5) is 0 Å². The van der Waals surface area contributed by atoms with Gasteiger partial charge in [0.05, 0.1) is 0 Å². The van der Waals surface area contributed by atoms with E-state index in [1.807, 2.05) is 54.6 Å². The van der Waals surface area contributed by atoms with Crippen LogP contribution in [-0.2, 0) is 0 Å². The van der Waals surface area contributed by atoms with E-state index in [1.54, 1.807) is 0 Å². The molecule has 0 aliphatic rings. The molecule has 0 saturated heterocycles. The van der Waals surface area contributed by atoms with Crippen LogP contribution in [0.2, 0.25) is 0 Å². The lowest BCUT2D eigenvalue weighted by Gasteiger charge is -2.03. The predicted molar refractivity (Wildman–Crippen MR) is 77.5 cm³/mol. The molecule has 0 amide bonds. The van der Waals surface area contributed by atoms with Crippen LogP contribution in [0, 0.1) is 0 Å². The van der Waals surface area contributed by atoms with Gasteiger partial charge in [-0.15, -0.1) is 0 Å². The summed E-state index contributed by atoms with van der Waals surface area (Å²) in [7, 11) is 0. The molecule has 0 N–H and O–H groups in total. The Morgan fingerprint density at radius 1 is 0.889 bits per heavy atom. The summed E-state index contributed by atoms with van der Waals surface area (Å²) in [5.74, 6) is 0.873. The van der Waals surface area contributed by atoms with Crippen molar-refractivity contribution in [2.24, 2.45) is 0 Å². The number of benzene rings is 2. The molecule has 0 aliphatic heterocycles. The average molecular weight is 236 g/mol. The van der Waals surface area contributed by atoms with E-state index >= 15 is 0 Å². The molecular formula is C17H16O. The molecular weight excluding hydrogens is 220 g/mol. The molecule has 90 valence electrons. The monoisotopic (exact) mass is 236 g/mol. The zero-order chi connectivity index (χ0) is 12.6. The summed E-state index contributed by atoms with van der Waals surface area (Å²) in [6.45, 7) is 4.29. The lowest BCUT2D eigenvalue weighted by atomic mass is 10.2. The van der Waals surface area contributed by atoms with E-state index < -0.39 is 0 Å². The lowest BCUT2D eigenvalue weighted by Crippen LogP contribution is -1.92. The third-order valence-corrected chi connectivity index (χ3v) is 2.57. The minimum Gasteiger partial charge on any atom is -0.490 e. The maximum Gasteiger partial charge on any atom is 0.119 e. The van der Waals surface area contributed by atoms with Crippen molar-refractivity contribution in [3.8, 4) is 5.75 Å². The Labute approximate surface area is 108 Å². The van der Waals surface area contributed by atoms with E-state index in [1.165, 1.54) is 5.56 Å². The summed E-state index contributed by atoms with van der Waals surface area (Å²) in [4.78, 5) is 0. The third-order valence-electron chi connectivity index (χ3n) is 2.57. The molecule has 0 unspecified atom stereocenters. The van der Waals surface area contributed by atoms with Crippen LogP contribution < -0.4 is 4.74 Å². The Morgan fingerprint density at radius 2 is 1.61 bits per heavy atom. The molecule has 0 radical (unpaired) electrons. The van der Waals surface area contributed by atoms with Crippen molar-refractivity contribution in [3.63, 3.8) is 0 Å². The maximum atomic E-state index is 5.61. The second-order valence-electron chi connectivity index (χ2n) is 3.90. The van der Waals surface area contributed by atoms with Crippen molar-refractivity contribution >= 4 is 12.2 Å². The second-order valence-corrected chi connectivity index (χ2v) is 3.90. The van der Waals surface area contributed by atoms with E-state index in [0.717, 1.165) is 11.3 Å². The predicted octanol–water partition coefficient (Wildman–Crippen LogP) is 4.42. The highest BCUT2D eigenvalue weighted by atomic mass is 16.5. The van der Waals surface area contributed by atoms with Crippen molar-refractivity contribution in [3.05, 3.63) is 78.4 Å². The molecule has 0 aliphatic carbocycles. The minimum atomic E-state index is 0.572. The molecule has 0 spiro atoms. The lowest BCUT2D eigenvalue weighted by molar-refractivity contribution is 0.363. The van der Waals surface area contributed by atoms with Gasteiger partial charge in [0.15, 0.2) is 0 Å². The van der Waals surface area contributed by atoms with Crippen molar-refractivity contribution < 1.29 is 4.74 Å². The van der Waals surface area contributed by atoms with Crippen molar-refractivity contribution in [1.29, 1.82) is 0 Å². The molecule has 2 aromatic rings. The average Bonchev–Trinajstić information content (AvgIpc) is 2.45. The van der Waals surface area contributed by atoms with Crippen LogP contribution in [0.25, 0.3) is 12.2 Å². The van der Waals surface area contributed by atoms with Gasteiger partial charge in [-0.2, -0.15) is 0 Å². The van der Waals surface area contributed by atoms with E-state index in [4.69, 9.17) is 4.74 Å². The van der Waals surface area contributed by atoms with Crippen LogP contribution >= 0.6 is 0 Å². The standard InChI is InChI=1S/C17H16O/c1-2-15-10-12-17(13-11-15)18-14-6-9-16-7-4-3-5-8-16/h2-13H,1,14H2. The van der Waals surface area contributed by atoms with Crippen LogP contribution in [0.15, 0.2) is 67.3 Å². The first-order chi connectivity index (χ1) is 8.88. The maximum absolute atomic E-state index is 5.61. The molecule has 0 fully saturated rings. The van der Waals surface area contributed by atoms with Gasteiger partial charge in [0.1, 0.15) is 12.4 Å². The Bertz CT molecular complexity index is 509. The largest absolute Gasteiger partial charge is 0.490 e. The highest BCUT2D eigenvalue weighted by Gasteiger charge is 1.91. The highest BCUT2D eigenvalue weighted by molar-refractivity contribution is 5.49. The van der Waals surface area contributed by atoms with Crippen LogP contribution in [0.5, 0.6) is 5.75 Å². The Morgan fingerprint density at radius 3 is 2.28 bits per heavy atom. The summed E-state index contributed by atoms with van der Waals surface area (Å²) in [6.07, 6.45) is 5.88. The van der Waals surface area contributed by atoms with Gasteiger partial charge < -0.3 is 4.74 Å². The molecule has 0 saturated carbocycles. The van der Waals surface area contributed by atoms with Crippen molar-refractivity contribution in [2.45, 2.75) is 0 Å². The normalized spacial score (nSPS) is 10.4. The summed E-state index contributed by atoms with van der Waals surface area (Å²) in [5.41, 5.74) is 2.28. The van der Waals surface area contributed by atoms with E-state index in [9.17, 15) is 0 Å². The van der Waals surface area contributed by atoms with Gasteiger partial charge >= 0.3 is 0 Å². The van der Waals surface area contributed by atoms with Crippen LogP contribution in [-0.4, -0.2) is 6.61 Å². The first kappa shape index (κ1) is 12.2. The minimum absolute atomic E-state index is 0.572. The van der Waals surface area contributed by atoms with E-state index in [2.05, 4.69) is 24.8 Å². The quantitative estimate of drug-likeness (QED) is 0.746. The van der Waals surface area contributed by atoms with Gasteiger partial charge in [0.25, 0.3) is 0 Å². The number of ether oxygens (including phenoxy) is 1. The van der Waals surface area contributed by atoms with Gasteiger partial charge in [0.2, 0.25) is 0 Å². The molecule has 2 rings (SSSR count). The smallest absolute Gasteiger partial charge is 0.119 e. The molecule has 0 heterocycles. The zero-order valence-corrected chi connectivity index (χ0v) is 10.3. The van der Waals surface area contributed by atoms with Gasteiger partial charge in [-0.25, -0.2) is 0 Å². The molecule has 18 heavy (non-hydrogen) atoms. The third kappa shape index (κ3) is 3.63. The summed E-state index contributed by atoms with van der Waals surface area (Å²) < 4.78 is 5.61. The van der Waals surface area contributed by atoms with E-state index in [0.29, 0.717) is 6.61 Å². The van der Waals surface area contributed by atoms with Gasteiger partial charge in [-0.3, -0.25) is 0 Å². The highest BCUT2D eigenvalue weighted by Crippen LogP contribution is 2.12. The zero-order valence-electron chi connectivity index (χ0n) is 10.3. The Hall–Kier alpha value is -2.28. The fourth-order valence-electron chi connectivity index (χ4n) is 1.59. The molecule has 0 bridgehead atoms. The number of rotatable bonds is 5. The van der Waals surface area contributed by atoms with E-state index in [-0.39, 0.29) is 0 Å². The summed E-state index contributed by atoms with van der Waals surface area (Å²) in [6, 6.07) is 18.1. The van der Waals surface area contributed by atoms with Crippen LogP contribution in [0.3, 0.4) is 0 Å². The van der Waals surface area contributed by atoms with Crippen molar-refractivity contribution in [1.82, 2.24) is 0 Å². The number of hydrogen-bond acceptors (Lipinski definition) is 1. The first-order valence-electron chi connectivity index (χ1n) is 5.95.